The summed E-state index contributed by atoms with van der Waals surface area (Å²) < 4.78 is 31.7. The van der Waals surface area contributed by atoms with Crippen LogP contribution in [0.2, 0.25) is 0 Å². The zero-order valence-corrected chi connectivity index (χ0v) is 14.7. The number of rotatable bonds is 5. The molecule has 2 heterocycles. The van der Waals surface area contributed by atoms with Crippen LogP contribution in [0.5, 0.6) is 0 Å². The number of hydrogen-bond donors (Lipinski definition) is 1. The van der Waals surface area contributed by atoms with Crippen molar-refractivity contribution in [1.82, 2.24) is 14.8 Å². The predicted octanol–water partition coefficient (Wildman–Crippen LogP) is 2.17. The predicted molar refractivity (Wildman–Crippen MR) is 91.3 cm³/mol. The number of sulfonamides is 1. The smallest absolute Gasteiger partial charge is 0.253 e. The Morgan fingerprint density at radius 3 is 2.36 bits per heavy atom. The van der Waals surface area contributed by atoms with Gasteiger partial charge in [0.05, 0.1) is 17.1 Å². The highest BCUT2D eigenvalue weighted by atomic mass is 32.2. The average molecular weight is 363 g/mol. The largest absolute Gasteiger partial charge is 0.364 e. The number of carbonyl (C=O) groups excluding carboxylic acids is 1. The first-order valence-corrected chi connectivity index (χ1v) is 9.83. The van der Waals surface area contributed by atoms with Crippen molar-refractivity contribution in [2.75, 3.05) is 13.1 Å². The first-order valence-electron chi connectivity index (χ1n) is 8.34. The molecule has 2 aromatic rings. The molecule has 25 heavy (non-hydrogen) atoms. The molecule has 1 saturated heterocycles. The van der Waals surface area contributed by atoms with E-state index < -0.39 is 10.0 Å². The van der Waals surface area contributed by atoms with Crippen molar-refractivity contribution in [2.24, 2.45) is 0 Å². The van der Waals surface area contributed by atoms with Gasteiger partial charge in [-0.15, -0.1) is 0 Å². The Labute approximate surface area is 147 Å². The third kappa shape index (κ3) is 4.46. The molecule has 1 aliphatic heterocycles. The van der Waals surface area contributed by atoms with E-state index in [1.54, 1.807) is 18.2 Å². The highest BCUT2D eigenvalue weighted by Crippen LogP contribution is 2.16. The molecule has 1 aliphatic rings. The molecule has 0 unspecified atom stereocenters. The molecule has 1 fully saturated rings. The van der Waals surface area contributed by atoms with E-state index in [1.165, 1.54) is 18.4 Å². The van der Waals surface area contributed by atoms with Gasteiger partial charge in [-0.05, 0) is 37.1 Å². The van der Waals surface area contributed by atoms with Crippen LogP contribution in [0.1, 0.15) is 41.7 Å². The monoisotopic (exact) mass is 363 g/mol. The summed E-state index contributed by atoms with van der Waals surface area (Å²) in [6.07, 6.45) is 5.72. The lowest BCUT2D eigenvalue weighted by Gasteiger charge is -2.20. The van der Waals surface area contributed by atoms with Gasteiger partial charge in [0, 0.05) is 24.7 Å². The molecule has 0 saturated carbocycles. The molecule has 3 rings (SSSR count). The van der Waals surface area contributed by atoms with E-state index in [4.69, 9.17) is 0 Å². The summed E-state index contributed by atoms with van der Waals surface area (Å²) in [4.78, 5) is 14.5. The van der Waals surface area contributed by atoms with E-state index >= 15 is 0 Å². The molecular weight excluding hydrogens is 342 g/mol. The van der Waals surface area contributed by atoms with Gasteiger partial charge in [0.15, 0.2) is 0 Å². The molecule has 7 nitrogen and oxygen atoms in total. The molecule has 8 heteroatoms. The van der Waals surface area contributed by atoms with Crippen molar-refractivity contribution in [3.05, 3.63) is 47.9 Å². The number of nitrogens with zero attached hydrogens (tertiary/aromatic N) is 2. The number of hydrogen-bond acceptors (Lipinski definition) is 5. The standard InChI is InChI=1S/C17H21N3O4S/c21-17(20-10-3-1-2-4-11-20)14-5-7-16(8-6-14)25(22,23)18-13-15-9-12-24-19-15/h5-9,12,18H,1-4,10-11,13H2. The lowest BCUT2D eigenvalue weighted by molar-refractivity contribution is 0.0761. The van der Waals surface area contributed by atoms with E-state index in [0.717, 1.165) is 38.8 Å². The molecule has 1 amide bonds. The summed E-state index contributed by atoms with van der Waals surface area (Å²) in [5.41, 5.74) is 1.01. The average Bonchev–Trinajstić information content (AvgIpc) is 3.00. The summed E-state index contributed by atoms with van der Waals surface area (Å²) in [5.74, 6) is -0.0404. The van der Waals surface area contributed by atoms with Crippen LogP contribution in [-0.2, 0) is 16.6 Å². The molecule has 0 spiro atoms. The van der Waals surface area contributed by atoms with Crippen LogP contribution < -0.4 is 4.72 Å². The number of likely N-dealkylation sites (tertiary alicyclic amines) is 1. The minimum Gasteiger partial charge on any atom is -0.364 e. The minimum absolute atomic E-state index is 0.0404. The topological polar surface area (TPSA) is 92.5 Å². The number of carbonyl (C=O) groups is 1. The van der Waals surface area contributed by atoms with Crippen LogP contribution in [0, 0.1) is 0 Å². The second-order valence-corrected chi connectivity index (χ2v) is 7.81. The summed E-state index contributed by atoms with van der Waals surface area (Å²) in [6.45, 7) is 1.57. The summed E-state index contributed by atoms with van der Waals surface area (Å²) in [5, 5.41) is 3.66. The van der Waals surface area contributed by atoms with Gasteiger partial charge in [0.25, 0.3) is 5.91 Å². The quantitative estimate of drug-likeness (QED) is 0.879. The lowest BCUT2D eigenvalue weighted by atomic mass is 10.2. The van der Waals surface area contributed by atoms with Gasteiger partial charge in [-0.25, -0.2) is 13.1 Å². The maximum absolute atomic E-state index is 12.5. The fraction of sp³-hybridized carbons (Fsp3) is 0.412. The van der Waals surface area contributed by atoms with Gasteiger partial charge in [0.1, 0.15) is 6.26 Å². The minimum atomic E-state index is -3.67. The van der Waals surface area contributed by atoms with Crippen LogP contribution >= 0.6 is 0 Å². The van der Waals surface area contributed by atoms with E-state index in [-0.39, 0.29) is 17.3 Å². The van der Waals surface area contributed by atoms with Gasteiger partial charge in [-0.2, -0.15) is 0 Å². The van der Waals surface area contributed by atoms with Crippen LogP contribution in [-0.4, -0.2) is 37.5 Å². The van der Waals surface area contributed by atoms with Crippen LogP contribution in [0.15, 0.2) is 46.0 Å². The molecule has 1 aromatic carbocycles. The Balaban J connectivity index is 1.67. The number of benzene rings is 1. The SMILES string of the molecule is O=C(c1ccc(S(=O)(=O)NCc2ccon2)cc1)N1CCCCCC1. The third-order valence-corrected chi connectivity index (χ3v) is 5.66. The second kappa shape index (κ2) is 7.79. The Kier molecular flexibility index (Phi) is 5.50. The molecule has 1 N–H and O–H groups in total. The van der Waals surface area contributed by atoms with Crippen molar-refractivity contribution in [3.8, 4) is 0 Å². The summed E-state index contributed by atoms with van der Waals surface area (Å²) in [7, 11) is -3.67. The van der Waals surface area contributed by atoms with Crippen LogP contribution in [0.4, 0.5) is 0 Å². The fourth-order valence-corrected chi connectivity index (χ4v) is 3.81. The zero-order chi connectivity index (χ0) is 17.7. The number of nitrogens with one attached hydrogen (secondary N) is 1. The van der Waals surface area contributed by atoms with Crippen LogP contribution in [0.25, 0.3) is 0 Å². The first-order chi connectivity index (χ1) is 12.1. The molecule has 1 aromatic heterocycles. The first kappa shape index (κ1) is 17.6. The van der Waals surface area contributed by atoms with E-state index in [1.807, 2.05) is 4.90 Å². The summed E-state index contributed by atoms with van der Waals surface area (Å²) >= 11 is 0. The molecule has 0 atom stereocenters. The van der Waals surface area contributed by atoms with Crippen molar-refractivity contribution in [1.29, 1.82) is 0 Å². The maximum atomic E-state index is 12.5. The molecule has 134 valence electrons. The third-order valence-electron chi connectivity index (χ3n) is 4.24. The van der Waals surface area contributed by atoms with Gasteiger partial charge < -0.3 is 9.42 Å². The molecule has 0 radical (unpaired) electrons. The Hall–Kier alpha value is -2.19. The molecule has 0 bridgehead atoms. The Morgan fingerprint density at radius 2 is 1.76 bits per heavy atom. The van der Waals surface area contributed by atoms with Gasteiger partial charge >= 0.3 is 0 Å². The second-order valence-electron chi connectivity index (χ2n) is 6.05. The zero-order valence-electron chi connectivity index (χ0n) is 13.8. The van der Waals surface area contributed by atoms with E-state index in [9.17, 15) is 13.2 Å². The van der Waals surface area contributed by atoms with Crippen molar-refractivity contribution >= 4 is 15.9 Å². The van der Waals surface area contributed by atoms with Gasteiger partial charge in [-0.1, -0.05) is 18.0 Å². The number of amides is 1. The van der Waals surface area contributed by atoms with Crippen molar-refractivity contribution in [2.45, 2.75) is 37.1 Å². The number of aromatic nitrogens is 1. The highest BCUT2D eigenvalue weighted by Gasteiger charge is 2.19. The fourth-order valence-electron chi connectivity index (χ4n) is 2.81. The molecule has 0 aliphatic carbocycles. The van der Waals surface area contributed by atoms with Crippen molar-refractivity contribution in [3.63, 3.8) is 0 Å². The van der Waals surface area contributed by atoms with E-state index in [0.29, 0.717) is 11.3 Å². The Bertz CT molecular complexity index is 793. The van der Waals surface area contributed by atoms with E-state index in [2.05, 4.69) is 14.4 Å². The highest BCUT2D eigenvalue weighted by molar-refractivity contribution is 7.89. The van der Waals surface area contributed by atoms with Crippen molar-refractivity contribution < 1.29 is 17.7 Å². The molecular formula is C17H21N3O4S. The van der Waals surface area contributed by atoms with Gasteiger partial charge in [-0.3, -0.25) is 4.79 Å². The lowest BCUT2D eigenvalue weighted by Crippen LogP contribution is -2.31. The van der Waals surface area contributed by atoms with Crippen LogP contribution in [0.3, 0.4) is 0 Å². The summed E-state index contributed by atoms with van der Waals surface area (Å²) in [6, 6.07) is 7.63. The normalized spacial score (nSPS) is 15.8. The maximum Gasteiger partial charge on any atom is 0.253 e. The Morgan fingerprint density at radius 1 is 1.08 bits per heavy atom. The van der Waals surface area contributed by atoms with Gasteiger partial charge in [0.2, 0.25) is 10.0 Å².